The summed E-state index contributed by atoms with van der Waals surface area (Å²) in [7, 11) is 1.51. The van der Waals surface area contributed by atoms with Crippen LogP contribution in [-0.4, -0.2) is 36.6 Å². The molecule has 0 aliphatic carbocycles. The molecule has 5 nitrogen and oxygen atoms in total. The summed E-state index contributed by atoms with van der Waals surface area (Å²) >= 11 is 0. The number of ether oxygens (including phenoxy) is 1. The molecule has 0 saturated heterocycles. The molecule has 110 valence electrons. The number of aliphatic hydroxyl groups excluding tert-OH is 1. The summed E-state index contributed by atoms with van der Waals surface area (Å²) in [5, 5.41) is 11.6. The van der Waals surface area contributed by atoms with Gasteiger partial charge in [0.15, 0.2) is 5.78 Å². The number of carbonyl (C=O) groups excluding carboxylic acids is 2. The first-order valence-corrected chi connectivity index (χ1v) is 6.56. The maximum absolute atomic E-state index is 12.1. The van der Waals surface area contributed by atoms with Crippen LogP contribution < -0.4 is 10.1 Å². The molecule has 1 amide bonds. The van der Waals surface area contributed by atoms with Gasteiger partial charge in [-0.3, -0.25) is 9.59 Å². The molecule has 0 radical (unpaired) electrons. The zero-order valence-electron chi connectivity index (χ0n) is 12.1. The predicted molar refractivity (Wildman–Crippen MR) is 76.0 cm³/mol. The van der Waals surface area contributed by atoms with Gasteiger partial charge in [0.05, 0.1) is 18.8 Å². The van der Waals surface area contributed by atoms with Gasteiger partial charge in [-0.1, -0.05) is 11.6 Å². The SMILES string of the molecule is COc1ccc(C)cc1C(=O)CCC(=O)NCC(C)O. The molecule has 0 spiro atoms. The third-order valence-corrected chi connectivity index (χ3v) is 2.83. The van der Waals surface area contributed by atoms with Gasteiger partial charge in [-0.15, -0.1) is 0 Å². The standard InChI is InChI=1S/C15H21NO4/c1-10-4-6-14(20-3)12(8-10)13(18)5-7-15(19)16-9-11(2)17/h4,6,8,11,17H,5,7,9H2,1-3H3,(H,16,19). The van der Waals surface area contributed by atoms with Gasteiger partial charge < -0.3 is 15.2 Å². The monoisotopic (exact) mass is 279 g/mol. The van der Waals surface area contributed by atoms with E-state index in [1.807, 2.05) is 13.0 Å². The smallest absolute Gasteiger partial charge is 0.220 e. The fourth-order valence-electron chi connectivity index (χ4n) is 1.75. The van der Waals surface area contributed by atoms with E-state index in [0.29, 0.717) is 11.3 Å². The molecule has 0 aromatic heterocycles. The molecule has 1 unspecified atom stereocenters. The number of methoxy groups -OCH3 is 1. The van der Waals surface area contributed by atoms with Crippen LogP contribution in [0.15, 0.2) is 18.2 Å². The Labute approximate surface area is 118 Å². The zero-order valence-corrected chi connectivity index (χ0v) is 12.1. The summed E-state index contributed by atoms with van der Waals surface area (Å²) in [5.41, 5.74) is 1.46. The van der Waals surface area contributed by atoms with Gasteiger partial charge in [0.25, 0.3) is 0 Å². The van der Waals surface area contributed by atoms with Crippen LogP contribution in [0.2, 0.25) is 0 Å². The molecule has 1 atom stereocenters. The molecule has 20 heavy (non-hydrogen) atoms. The summed E-state index contributed by atoms with van der Waals surface area (Å²) in [6.07, 6.45) is -0.375. The van der Waals surface area contributed by atoms with Crippen LogP contribution in [0.25, 0.3) is 0 Å². The molecule has 1 rings (SSSR count). The van der Waals surface area contributed by atoms with Crippen molar-refractivity contribution in [1.82, 2.24) is 5.32 Å². The quantitative estimate of drug-likeness (QED) is 0.741. The van der Waals surface area contributed by atoms with Crippen LogP contribution in [0.3, 0.4) is 0 Å². The first-order valence-electron chi connectivity index (χ1n) is 6.56. The molecule has 1 aromatic carbocycles. The minimum atomic E-state index is -0.591. The van der Waals surface area contributed by atoms with E-state index in [2.05, 4.69) is 5.32 Å². The average Bonchev–Trinajstić information content (AvgIpc) is 2.42. The Morgan fingerprint density at radius 2 is 2.05 bits per heavy atom. The molecule has 0 bridgehead atoms. The van der Waals surface area contributed by atoms with Crippen molar-refractivity contribution in [3.63, 3.8) is 0 Å². The van der Waals surface area contributed by atoms with Crippen LogP contribution >= 0.6 is 0 Å². The third-order valence-electron chi connectivity index (χ3n) is 2.83. The van der Waals surface area contributed by atoms with E-state index in [-0.39, 0.29) is 31.1 Å². The van der Waals surface area contributed by atoms with Crippen LogP contribution in [0.4, 0.5) is 0 Å². The molecule has 0 aliphatic rings. The molecule has 0 aliphatic heterocycles. The lowest BCUT2D eigenvalue weighted by Crippen LogP contribution is -2.30. The number of nitrogens with one attached hydrogen (secondary N) is 1. The molecule has 5 heteroatoms. The number of aryl methyl sites for hydroxylation is 1. The van der Waals surface area contributed by atoms with E-state index in [9.17, 15) is 9.59 Å². The second-order valence-corrected chi connectivity index (χ2v) is 4.78. The topological polar surface area (TPSA) is 75.6 Å². The second kappa shape index (κ2) is 7.65. The summed E-state index contributed by atoms with van der Waals surface area (Å²) in [6.45, 7) is 3.68. The van der Waals surface area contributed by atoms with Gasteiger partial charge in [0, 0.05) is 19.4 Å². The van der Waals surface area contributed by atoms with E-state index < -0.39 is 6.10 Å². The van der Waals surface area contributed by atoms with Crippen molar-refractivity contribution in [2.45, 2.75) is 32.8 Å². The van der Waals surface area contributed by atoms with Gasteiger partial charge in [-0.05, 0) is 26.0 Å². The maximum Gasteiger partial charge on any atom is 0.220 e. The number of amides is 1. The molecule has 0 saturated carbocycles. The Morgan fingerprint density at radius 1 is 1.35 bits per heavy atom. The van der Waals surface area contributed by atoms with E-state index in [1.165, 1.54) is 7.11 Å². The number of hydrogen-bond acceptors (Lipinski definition) is 4. The Balaban J connectivity index is 2.59. The maximum atomic E-state index is 12.1. The van der Waals surface area contributed by atoms with Crippen molar-refractivity contribution >= 4 is 11.7 Å². The number of carbonyl (C=O) groups is 2. The number of ketones is 1. The minimum absolute atomic E-state index is 0.0999. The third kappa shape index (κ3) is 5.01. The van der Waals surface area contributed by atoms with Crippen LogP contribution in [-0.2, 0) is 4.79 Å². The normalized spacial score (nSPS) is 11.8. The lowest BCUT2D eigenvalue weighted by atomic mass is 10.0. The van der Waals surface area contributed by atoms with Crippen molar-refractivity contribution in [2.75, 3.05) is 13.7 Å². The molecular formula is C15H21NO4. The van der Waals surface area contributed by atoms with Gasteiger partial charge in [0.2, 0.25) is 5.91 Å². The molecule has 0 fully saturated rings. The van der Waals surface area contributed by atoms with Crippen molar-refractivity contribution in [1.29, 1.82) is 0 Å². The van der Waals surface area contributed by atoms with Crippen molar-refractivity contribution in [3.05, 3.63) is 29.3 Å². The summed E-state index contributed by atoms with van der Waals surface area (Å²) in [5.74, 6) is 0.147. The highest BCUT2D eigenvalue weighted by molar-refractivity contribution is 6.00. The lowest BCUT2D eigenvalue weighted by Gasteiger charge is -2.09. The molecule has 1 aromatic rings. The zero-order chi connectivity index (χ0) is 15.1. The van der Waals surface area contributed by atoms with E-state index in [1.54, 1.807) is 19.1 Å². The van der Waals surface area contributed by atoms with Crippen LogP contribution in [0.1, 0.15) is 35.7 Å². The fourth-order valence-corrected chi connectivity index (χ4v) is 1.75. The Hall–Kier alpha value is -1.88. The Morgan fingerprint density at radius 3 is 2.65 bits per heavy atom. The average molecular weight is 279 g/mol. The van der Waals surface area contributed by atoms with Gasteiger partial charge in [0.1, 0.15) is 5.75 Å². The largest absolute Gasteiger partial charge is 0.496 e. The van der Waals surface area contributed by atoms with Crippen LogP contribution in [0, 0.1) is 6.92 Å². The van der Waals surface area contributed by atoms with E-state index >= 15 is 0 Å². The predicted octanol–water partition coefficient (Wildman–Crippen LogP) is 1.46. The molecular weight excluding hydrogens is 258 g/mol. The number of hydrogen-bond donors (Lipinski definition) is 2. The fraction of sp³-hybridized carbons (Fsp3) is 0.467. The summed E-state index contributed by atoms with van der Waals surface area (Å²) in [4.78, 5) is 23.6. The second-order valence-electron chi connectivity index (χ2n) is 4.78. The number of aliphatic hydroxyl groups is 1. The lowest BCUT2D eigenvalue weighted by molar-refractivity contribution is -0.121. The number of rotatable bonds is 7. The summed E-state index contributed by atoms with van der Waals surface area (Å²) in [6, 6.07) is 5.37. The van der Waals surface area contributed by atoms with Gasteiger partial charge in [-0.2, -0.15) is 0 Å². The van der Waals surface area contributed by atoms with Crippen molar-refractivity contribution < 1.29 is 19.4 Å². The van der Waals surface area contributed by atoms with Gasteiger partial charge >= 0.3 is 0 Å². The highest BCUT2D eigenvalue weighted by Crippen LogP contribution is 2.21. The van der Waals surface area contributed by atoms with Crippen molar-refractivity contribution in [3.8, 4) is 5.75 Å². The number of benzene rings is 1. The van der Waals surface area contributed by atoms with Crippen molar-refractivity contribution in [2.24, 2.45) is 0 Å². The number of Topliss-reactive ketones (excluding diaryl/α,β-unsaturated/α-hetero) is 1. The molecule has 2 N–H and O–H groups in total. The summed E-state index contributed by atoms with van der Waals surface area (Å²) < 4.78 is 5.15. The van der Waals surface area contributed by atoms with Crippen LogP contribution in [0.5, 0.6) is 5.75 Å². The Kier molecular flexibility index (Phi) is 6.18. The first-order chi connectivity index (χ1) is 9.43. The first kappa shape index (κ1) is 16.2. The highest BCUT2D eigenvalue weighted by atomic mass is 16.5. The van der Waals surface area contributed by atoms with E-state index in [0.717, 1.165) is 5.56 Å². The minimum Gasteiger partial charge on any atom is -0.496 e. The molecule has 0 heterocycles. The Bertz CT molecular complexity index is 483. The van der Waals surface area contributed by atoms with E-state index in [4.69, 9.17) is 9.84 Å². The van der Waals surface area contributed by atoms with Gasteiger partial charge in [-0.25, -0.2) is 0 Å². The highest BCUT2D eigenvalue weighted by Gasteiger charge is 2.14.